The molecule has 24 heavy (non-hydrogen) atoms. The van der Waals surface area contributed by atoms with Crippen LogP contribution in [-0.4, -0.2) is 30.3 Å². The molecule has 1 aromatic rings. The van der Waals surface area contributed by atoms with Gasteiger partial charge in [0.2, 0.25) is 0 Å². The number of esters is 1. The summed E-state index contributed by atoms with van der Waals surface area (Å²) in [6, 6.07) is 8.63. The highest BCUT2D eigenvalue weighted by Gasteiger charge is 2.25. The van der Waals surface area contributed by atoms with Crippen molar-refractivity contribution in [3.8, 4) is 0 Å². The van der Waals surface area contributed by atoms with Crippen LogP contribution in [0.3, 0.4) is 0 Å². The monoisotopic (exact) mass is 337 g/mol. The Morgan fingerprint density at radius 1 is 1.21 bits per heavy atom. The minimum absolute atomic E-state index is 0.147. The van der Waals surface area contributed by atoms with Crippen LogP contribution in [0.1, 0.15) is 39.2 Å². The van der Waals surface area contributed by atoms with E-state index in [1.165, 1.54) is 0 Å². The largest absolute Gasteiger partial charge is 0.459 e. The first-order valence-electron chi connectivity index (χ1n) is 7.97. The van der Waals surface area contributed by atoms with Crippen LogP contribution >= 0.6 is 0 Å². The normalized spacial score (nSPS) is 12.3. The van der Waals surface area contributed by atoms with Gasteiger partial charge in [0.25, 0.3) is 0 Å². The lowest BCUT2D eigenvalue weighted by molar-refractivity contribution is -0.157. The van der Waals surface area contributed by atoms with E-state index in [4.69, 9.17) is 15.2 Å². The minimum Gasteiger partial charge on any atom is -0.459 e. The number of benzene rings is 1. The van der Waals surface area contributed by atoms with Crippen molar-refractivity contribution >= 4 is 12.1 Å². The summed E-state index contributed by atoms with van der Waals surface area (Å²) in [6.45, 7) is 5.94. The van der Waals surface area contributed by atoms with E-state index in [9.17, 15) is 9.59 Å². The third kappa shape index (κ3) is 8.50. The van der Waals surface area contributed by atoms with Crippen LogP contribution in [0.25, 0.3) is 0 Å². The number of hydrogen-bond acceptors (Lipinski definition) is 6. The molecule has 4 N–H and O–H groups in total. The molecule has 1 rings (SSSR count). The molecule has 1 amide bonds. The van der Waals surface area contributed by atoms with Crippen molar-refractivity contribution in [2.24, 2.45) is 5.73 Å². The molecule has 0 aliphatic heterocycles. The van der Waals surface area contributed by atoms with Gasteiger partial charge in [0.05, 0.1) is 0 Å². The maximum absolute atomic E-state index is 12.1. The smallest absolute Gasteiger partial charge is 0.421 e. The van der Waals surface area contributed by atoms with Crippen LogP contribution < -0.4 is 16.6 Å². The summed E-state index contributed by atoms with van der Waals surface area (Å²) in [5, 5.41) is 0. The SMILES string of the molecule is CC(C)(C)OC(=O)C(CCCN)NNC(=O)OCc1ccccc1. The Morgan fingerprint density at radius 2 is 1.88 bits per heavy atom. The molecule has 7 heteroatoms. The number of ether oxygens (including phenoxy) is 2. The molecule has 0 aliphatic rings. The first-order chi connectivity index (χ1) is 11.3. The number of hydrogen-bond donors (Lipinski definition) is 3. The van der Waals surface area contributed by atoms with E-state index in [2.05, 4.69) is 10.9 Å². The summed E-state index contributed by atoms with van der Waals surface area (Å²) in [5.74, 6) is -0.445. The van der Waals surface area contributed by atoms with Gasteiger partial charge in [-0.05, 0) is 45.7 Å². The Morgan fingerprint density at radius 3 is 2.46 bits per heavy atom. The van der Waals surface area contributed by atoms with Crippen molar-refractivity contribution in [1.29, 1.82) is 0 Å². The van der Waals surface area contributed by atoms with Crippen LogP contribution in [-0.2, 0) is 20.9 Å². The fourth-order valence-electron chi connectivity index (χ4n) is 1.85. The average Bonchev–Trinajstić information content (AvgIpc) is 2.52. The summed E-state index contributed by atoms with van der Waals surface area (Å²) >= 11 is 0. The second-order valence-electron chi connectivity index (χ2n) is 6.35. The molecule has 1 atom stereocenters. The number of nitrogens with two attached hydrogens (primary N) is 1. The number of hydrazine groups is 1. The molecule has 0 aliphatic carbocycles. The van der Waals surface area contributed by atoms with Crippen molar-refractivity contribution in [1.82, 2.24) is 10.9 Å². The van der Waals surface area contributed by atoms with E-state index in [0.29, 0.717) is 19.4 Å². The number of amides is 1. The zero-order valence-corrected chi connectivity index (χ0v) is 14.5. The fourth-order valence-corrected chi connectivity index (χ4v) is 1.85. The second-order valence-corrected chi connectivity index (χ2v) is 6.35. The molecule has 0 heterocycles. The zero-order chi connectivity index (χ0) is 18.0. The summed E-state index contributed by atoms with van der Waals surface area (Å²) in [4.78, 5) is 23.9. The van der Waals surface area contributed by atoms with Crippen molar-refractivity contribution in [2.75, 3.05) is 6.54 Å². The van der Waals surface area contributed by atoms with Gasteiger partial charge in [-0.1, -0.05) is 30.3 Å². The van der Waals surface area contributed by atoms with E-state index in [-0.39, 0.29) is 6.61 Å². The summed E-state index contributed by atoms with van der Waals surface area (Å²) < 4.78 is 10.4. The number of carbonyl (C=O) groups is 2. The highest BCUT2D eigenvalue weighted by molar-refractivity contribution is 5.77. The molecule has 1 aromatic carbocycles. The summed E-state index contributed by atoms with van der Waals surface area (Å²) in [7, 11) is 0. The quantitative estimate of drug-likeness (QED) is 0.494. The van der Waals surface area contributed by atoms with Crippen LogP contribution in [0.4, 0.5) is 4.79 Å². The standard InChI is InChI=1S/C17H27N3O4/c1-17(2,3)24-15(21)14(10-7-11-18)19-20-16(22)23-12-13-8-5-4-6-9-13/h4-6,8-9,14,19H,7,10-12,18H2,1-3H3,(H,20,22). The molecule has 0 saturated carbocycles. The average molecular weight is 337 g/mol. The third-order valence-electron chi connectivity index (χ3n) is 2.95. The van der Waals surface area contributed by atoms with Crippen molar-refractivity contribution in [3.63, 3.8) is 0 Å². The van der Waals surface area contributed by atoms with Crippen molar-refractivity contribution < 1.29 is 19.1 Å². The van der Waals surface area contributed by atoms with Gasteiger partial charge in [-0.15, -0.1) is 0 Å². The lowest BCUT2D eigenvalue weighted by Crippen LogP contribution is -2.50. The Kier molecular flexibility index (Phi) is 8.21. The van der Waals surface area contributed by atoms with Gasteiger partial charge in [-0.3, -0.25) is 10.2 Å². The van der Waals surface area contributed by atoms with Gasteiger partial charge in [0.15, 0.2) is 0 Å². The fraction of sp³-hybridized carbons (Fsp3) is 0.529. The summed E-state index contributed by atoms with van der Waals surface area (Å²) in [6.07, 6.45) is 0.405. The Labute approximate surface area is 142 Å². The molecule has 0 aromatic heterocycles. The van der Waals surface area contributed by atoms with Crippen molar-refractivity contribution in [2.45, 2.75) is 51.9 Å². The van der Waals surface area contributed by atoms with Gasteiger partial charge in [0.1, 0.15) is 18.2 Å². The van der Waals surface area contributed by atoms with Gasteiger partial charge in [-0.2, -0.15) is 0 Å². The zero-order valence-electron chi connectivity index (χ0n) is 14.5. The predicted molar refractivity (Wildman–Crippen MR) is 90.8 cm³/mol. The molecule has 0 spiro atoms. The first kappa shape index (κ1) is 19.9. The molecular formula is C17H27N3O4. The van der Waals surface area contributed by atoms with E-state index in [0.717, 1.165) is 5.56 Å². The maximum atomic E-state index is 12.1. The van der Waals surface area contributed by atoms with Crippen LogP contribution in [0.2, 0.25) is 0 Å². The van der Waals surface area contributed by atoms with E-state index < -0.39 is 23.7 Å². The summed E-state index contributed by atoms with van der Waals surface area (Å²) in [5.41, 5.74) is 10.8. The lowest BCUT2D eigenvalue weighted by Gasteiger charge is -2.24. The van der Waals surface area contributed by atoms with Gasteiger partial charge >= 0.3 is 12.1 Å². The molecule has 0 saturated heterocycles. The Balaban J connectivity index is 2.45. The van der Waals surface area contributed by atoms with E-state index >= 15 is 0 Å². The molecule has 7 nitrogen and oxygen atoms in total. The molecule has 134 valence electrons. The van der Waals surface area contributed by atoms with E-state index in [1.807, 2.05) is 30.3 Å². The highest BCUT2D eigenvalue weighted by Crippen LogP contribution is 2.10. The number of carbonyl (C=O) groups excluding carboxylic acids is 2. The predicted octanol–water partition coefficient (Wildman–Crippen LogP) is 1.87. The molecule has 0 fully saturated rings. The maximum Gasteiger partial charge on any atom is 0.421 e. The van der Waals surface area contributed by atoms with Gasteiger partial charge in [-0.25, -0.2) is 10.2 Å². The topological polar surface area (TPSA) is 103 Å². The van der Waals surface area contributed by atoms with Crippen LogP contribution in [0.15, 0.2) is 30.3 Å². The van der Waals surface area contributed by atoms with Crippen LogP contribution in [0, 0.1) is 0 Å². The molecule has 1 unspecified atom stereocenters. The van der Waals surface area contributed by atoms with Crippen molar-refractivity contribution in [3.05, 3.63) is 35.9 Å². The number of rotatable bonds is 8. The Bertz CT molecular complexity index is 514. The van der Waals surface area contributed by atoms with Gasteiger partial charge in [0, 0.05) is 0 Å². The number of nitrogens with one attached hydrogen (secondary N) is 2. The molecular weight excluding hydrogens is 310 g/mol. The Hall–Kier alpha value is -2.12. The molecule has 0 bridgehead atoms. The third-order valence-corrected chi connectivity index (χ3v) is 2.95. The van der Waals surface area contributed by atoms with E-state index in [1.54, 1.807) is 20.8 Å². The second kappa shape index (κ2) is 9.89. The first-order valence-corrected chi connectivity index (χ1v) is 7.97. The highest BCUT2D eigenvalue weighted by atomic mass is 16.6. The van der Waals surface area contributed by atoms with Crippen LogP contribution in [0.5, 0.6) is 0 Å². The lowest BCUT2D eigenvalue weighted by atomic mass is 10.1. The molecule has 0 radical (unpaired) electrons. The minimum atomic E-state index is -0.683. The van der Waals surface area contributed by atoms with Gasteiger partial charge < -0.3 is 15.2 Å².